The van der Waals surface area contributed by atoms with Crippen LogP contribution in [0.15, 0.2) is 0 Å². The molecule has 0 saturated carbocycles. The van der Waals surface area contributed by atoms with Crippen molar-refractivity contribution in [3.63, 3.8) is 0 Å². The van der Waals surface area contributed by atoms with Gasteiger partial charge in [0, 0.05) is 6.04 Å². The molecule has 0 aliphatic heterocycles. The van der Waals surface area contributed by atoms with Crippen LogP contribution < -0.4 is 5.32 Å². The van der Waals surface area contributed by atoms with E-state index in [1.54, 1.807) is 0 Å². The van der Waals surface area contributed by atoms with E-state index < -0.39 is 0 Å². The number of ether oxygens (including phenoxy) is 1. The van der Waals surface area contributed by atoms with Crippen LogP contribution in [0.2, 0.25) is 0 Å². The highest BCUT2D eigenvalue weighted by atomic mass is 32.1. The molecule has 2 nitrogen and oxygen atoms in total. The minimum absolute atomic E-state index is 0. The molecule has 13 heavy (non-hydrogen) atoms. The summed E-state index contributed by atoms with van der Waals surface area (Å²) in [6.07, 6.45) is 1.52. The molecule has 1 atom stereocenters. The zero-order valence-electron chi connectivity index (χ0n) is 9.55. The van der Waals surface area contributed by atoms with Crippen LogP contribution >= 0.6 is 13.5 Å². The third kappa shape index (κ3) is 10.2. The van der Waals surface area contributed by atoms with Gasteiger partial charge in [-0.05, 0) is 33.2 Å². The molecule has 0 aliphatic carbocycles. The quantitative estimate of drug-likeness (QED) is 0.720. The number of likely N-dealkylation sites (N-methyl/N-ethyl adjacent to an activating group) is 1. The minimum Gasteiger partial charge on any atom is -0.377 e. The van der Waals surface area contributed by atoms with Crippen molar-refractivity contribution in [3.8, 4) is 0 Å². The van der Waals surface area contributed by atoms with Gasteiger partial charge in [0.15, 0.2) is 0 Å². The zero-order chi connectivity index (χ0) is 9.56. The van der Waals surface area contributed by atoms with Crippen LogP contribution in [-0.2, 0) is 4.74 Å². The molecule has 0 fully saturated rings. The van der Waals surface area contributed by atoms with Crippen LogP contribution in [0.25, 0.3) is 0 Å². The molecule has 0 heterocycles. The van der Waals surface area contributed by atoms with Crippen LogP contribution in [0.1, 0.15) is 34.1 Å². The Morgan fingerprint density at radius 1 is 1.15 bits per heavy atom. The van der Waals surface area contributed by atoms with Crippen molar-refractivity contribution in [2.75, 3.05) is 13.7 Å². The average molecular weight is 207 g/mol. The van der Waals surface area contributed by atoms with Gasteiger partial charge in [-0.15, -0.1) is 0 Å². The summed E-state index contributed by atoms with van der Waals surface area (Å²) in [5, 5.41) is 3.26. The van der Waals surface area contributed by atoms with Gasteiger partial charge in [-0.3, -0.25) is 0 Å². The fourth-order valence-electron chi connectivity index (χ4n) is 1.15. The lowest BCUT2D eigenvalue weighted by molar-refractivity contribution is 0.0586. The molecule has 0 bridgehead atoms. The lowest BCUT2D eigenvalue weighted by Gasteiger charge is -2.19. The number of hydrogen-bond acceptors (Lipinski definition) is 2. The van der Waals surface area contributed by atoms with Crippen LogP contribution in [0.5, 0.6) is 0 Å². The summed E-state index contributed by atoms with van der Waals surface area (Å²) in [5.41, 5.74) is 0. The molecule has 82 valence electrons. The summed E-state index contributed by atoms with van der Waals surface area (Å²) >= 11 is 0. The van der Waals surface area contributed by atoms with E-state index in [1.807, 2.05) is 7.05 Å². The first-order valence-electron chi connectivity index (χ1n) is 4.85. The van der Waals surface area contributed by atoms with Gasteiger partial charge in [-0.2, -0.15) is 13.5 Å². The Morgan fingerprint density at radius 2 is 1.69 bits per heavy atom. The largest absolute Gasteiger partial charge is 0.377 e. The van der Waals surface area contributed by atoms with Gasteiger partial charge < -0.3 is 10.1 Å². The molecule has 3 heteroatoms. The maximum absolute atomic E-state index is 5.53. The number of nitrogens with one attached hydrogen (secondary N) is 1. The Hall–Kier alpha value is 0.270. The highest BCUT2D eigenvalue weighted by Gasteiger charge is 2.08. The lowest BCUT2D eigenvalue weighted by atomic mass is 10.0. The molecule has 1 N–H and O–H groups in total. The normalized spacial score (nSPS) is 13.2. The van der Waals surface area contributed by atoms with Crippen molar-refractivity contribution in [1.29, 1.82) is 0 Å². The standard InChI is InChI=1S/C10H23NO.H2S/c1-8(2)6-10(11-5)7-12-9(3)4;/h8-11H,6-7H2,1-5H3;1H2/t10-;/m0./s1. The van der Waals surface area contributed by atoms with Gasteiger partial charge in [0.2, 0.25) is 0 Å². The summed E-state index contributed by atoms with van der Waals surface area (Å²) < 4.78 is 5.53. The van der Waals surface area contributed by atoms with Gasteiger partial charge >= 0.3 is 0 Å². The van der Waals surface area contributed by atoms with E-state index in [4.69, 9.17) is 4.74 Å². The third-order valence-electron chi connectivity index (χ3n) is 1.79. The molecular weight excluding hydrogens is 182 g/mol. The topological polar surface area (TPSA) is 21.3 Å². The predicted octanol–water partition coefficient (Wildman–Crippen LogP) is 2.16. The molecule has 0 rings (SSSR count). The maximum atomic E-state index is 5.53. The fraction of sp³-hybridized carbons (Fsp3) is 1.00. The van der Waals surface area contributed by atoms with Gasteiger partial charge in [0.05, 0.1) is 12.7 Å². The maximum Gasteiger partial charge on any atom is 0.0623 e. The Labute approximate surface area is 89.9 Å². The Bertz CT molecular complexity index is 107. The highest BCUT2D eigenvalue weighted by Crippen LogP contribution is 2.05. The lowest BCUT2D eigenvalue weighted by Crippen LogP contribution is -2.32. The van der Waals surface area contributed by atoms with E-state index in [0.29, 0.717) is 12.1 Å². The van der Waals surface area contributed by atoms with Gasteiger partial charge in [0.1, 0.15) is 0 Å². The average Bonchev–Trinajstić information content (AvgIpc) is 1.97. The molecule has 0 aromatic heterocycles. The van der Waals surface area contributed by atoms with Crippen molar-refractivity contribution in [2.45, 2.75) is 46.3 Å². The predicted molar refractivity (Wildman–Crippen MR) is 63.8 cm³/mol. The summed E-state index contributed by atoms with van der Waals surface area (Å²) in [5.74, 6) is 0.734. The van der Waals surface area contributed by atoms with Crippen LogP contribution in [0, 0.1) is 5.92 Å². The first kappa shape index (κ1) is 15.7. The summed E-state index contributed by atoms with van der Waals surface area (Å²) in [6.45, 7) is 9.44. The smallest absolute Gasteiger partial charge is 0.0623 e. The van der Waals surface area contributed by atoms with Gasteiger partial charge in [-0.25, -0.2) is 0 Å². The third-order valence-corrected chi connectivity index (χ3v) is 1.79. The fourth-order valence-corrected chi connectivity index (χ4v) is 1.15. The van der Waals surface area contributed by atoms with Crippen molar-refractivity contribution in [1.82, 2.24) is 5.32 Å². The number of rotatable bonds is 6. The second-order valence-corrected chi connectivity index (χ2v) is 4.00. The molecule has 0 amide bonds. The van der Waals surface area contributed by atoms with Crippen LogP contribution in [0.3, 0.4) is 0 Å². The second kappa shape index (κ2) is 8.85. The van der Waals surface area contributed by atoms with E-state index in [9.17, 15) is 0 Å². The molecule has 0 aromatic rings. The first-order chi connectivity index (χ1) is 5.56. The second-order valence-electron chi connectivity index (χ2n) is 4.00. The van der Waals surface area contributed by atoms with E-state index in [1.165, 1.54) is 6.42 Å². The minimum atomic E-state index is 0. The van der Waals surface area contributed by atoms with E-state index >= 15 is 0 Å². The van der Waals surface area contributed by atoms with Crippen LogP contribution in [0.4, 0.5) is 0 Å². The molecule has 0 aliphatic rings. The molecule has 0 aromatic carbocycles. The Kier molecular flexibility index (Phi) is 10.7. The number of hydrogen-bond donors (Lipinski definition) is 1. The van der Waals surface area contributed by atoms with Crippen molar-refractivity contribution in [3.05, 3.63) is 0 Å². The molecule has 0 unspecified atom stereocenters. The summed E-state index contributed by atoms with van der Waals surface area (Å²) in [6, 6.07) is 0.507. The molecule has 0 saturated heterocycles. The van der Waals surface area contributed by atoms with Crippen molar-refractivity contribution in [2.24, 2.45) is 5.92 Å². The van der Waals surface area contributed by atoms with Gasteiger partial charge in [-0.1, -0.05) is 13.8 Å². The van der Waals surface area contributed by atoms with Crippen molar-refractivity contribution < 1.29 is 4.74 Å². The van der Waals surface area contributed by atoms with E-state index in [0.717, 1.165) is 12.5 Å². The summed E-state index contributed by atoms with van der Waals surface area (Å²) in [4.78, 5) is 0. The first-order valence-corrected chi connectivity index (χ1v) is 4.85. The summed E-state index contributed by atoms with van der Waals surface area (Å²) in [7, 11) is 2.00. The SMILES string of the molecule is CN[C@H](COC(C)C)CC(C)C.S. The van der Waals surface area contributed by atoms with Crippen molar-refractivity contribution >= 4 is 13.5 Å². The van der Waals surface area contributed by atoms with Crippen LogP contribution in [-0.4, -0.2) is 25.8 Å². The molecule has 0 radical (unpaired) electrons. The Balaban J connectivity index is 0. The highest BCUT2D eigenvalue weighted by molar-refractivity contribution is 7.59. The Morgan fingerprint density at radius 3 is 2.00 bits per heavy atom. The monoisotopic (exact) mass is 207 g/mol. The van der Waals surface area contributed by atoms with E-state index in [-0.39, 0.29) is 13.5 Å². The molecule has 0 spiro atoms. The zero-order valence-corrected chi connectivity index (χ0v) is 10.6. The van der Waals surface area contributed by atoms with E-state index in [2.05, 4.69) is 33.0 Å². The van der Waals surface area contributed by atoms with Gasteiger partial charge in [0.25, 0.3) is 0 Å². The molecular formula is C10H25NOS.